The largest absolute Gasteiger partial charge is 0.371 e. The lowest BCUT2D eigenvalue weighted by Gasteiger charge is -2.22. The molecule has 1 aromatic rings. The number of hydrogen-bond acceptors (Lipinski definition) is 2. The summed E-state index contributed by atoms with van der Waals surface area (Å²) in [5, 5.41) is 0. The Balaban J connectivity index is 2.75. The third kappa shape index (κ3) is 6.72. The smallest absolute Gasteiger partial charge is 0.0734 e. The summed E-state index contributed by atoms with van der Waals surface area (Å²) in [6.07, 6.45) is 0. The van der Waals surface area contributed by atoms with E-state index in [2.05, 4.69) is 82.3 Å². The topological polar surface area (TPSA) is 18.5 Å². The molecule has 19 heavy (non-hydrogen) atoms. The van der Waals surface area contributed by atoms with E-state index < -0.39 is 0 Å². The molecule has 0 aromatic heterocycles. The van der Waals surface area contributed by atoms with Crippen LogP contribution in [0.5, 0.6) is 0 Å². The van der Waals surface area contributed by atoms with Crippen molar-refractivity contribution in [2.75, 3.05) is 0 Å². The van der Waals surface area contributed by atoms with Crippen LogP contribution in [0.4, 0.5) is 0 Å². The van der Waals surface area contributed by atoms with Crippen molar-refractivity contribution < 1.29 is 9.47 Å². The predicted molar refractivity (Wildman–Crippen MR) is 88.2 cm³/mol. The minimum Gasteiger partial charge on any atom is -0.371 e. The molecule has 0 aliphatic heterocycles. The molecule has 108 valence electrons. The van der Waals surface area contributed by atoms with Gasteiger partial charge in [-0.25, -0.2) is 0 Å². The molecule has 0 heterocycles. The van der Waals surface area contributed by atoms with Gasteiger partial charge in [0.25, 0.3) is 0 Å². The van der Waals surface area contributed by atoms with Crippen LogP contribution in [0.1, 0.15) is 52.7 Å². The quantitative estimate of drug-likeness (QED) is 0.695. The van der Waals surface area contributed by atoms with Crippen LogP contribution in [-0.2, 0) is 22.7 Å². The van der Waals surface area contributed by atoms with Crippen molar-refractivity contribution in [1.82, 2.24) is 0 Å². The second kappa shape index (κ2) is 6.55. The monoisotopic (exact) mass is 376 g/mol. The van der Waals surface area contributed by atoms with Gasteiger partial charge < -0.3 is 9.47 Å². The zero-order valence-electron chi connectivity index (χ0n) is 12.8. The summed E-state index contributed by atoms with van der Waals surface area (Å²) in [5.74, 6) is 0. The zero-order valence-corrected chi connectivity index (χ0v) is 15.0. The summed E-state index contributed by atoms with van der Waals surface area (Å²) in [5.41, 5.74) is 2.23. The Morgan fingerprint density at radius 2 is 1.21 bits per heavy atom. The van der Waals surface area contributed by atoms with Gasteiger partial charge in [-0.2, -0.15) is 0 Å². The van der Waals surface area contributed by atoms with Gasteiger partial charge in [0.1, 0.15) is 0 Å². The van der Waals surface area contributed by atoms with Crippen LogP contribution in [0.25, 0.3) is 0 Å². The normalized spacial score (nSPS) is 12.8. The molecule has 1 rings (SSSR count). The number of ether oxygens (including phenoxy) is 2. The van der Waals surface area contributed by atoms with Crippen molar-refractivity contribution in [3.8, 4) is 0 Å². The van der Waals surface area contributed by atoms with Crippen molar-refractivity contribution in [2.24, 2.45) is 0 Å². The Morgan fingerprint density at radius 1 is 0.842 bits per heavy atom. The van der Waals surface area contributed by atoms with E-state index in [1.807, 2.05) is 0 Å². The number of hydrogen-bond donors (Lipinski definition) is 0. The molecule has 0 fully saturated rings. The molecular weight excluding hydrogens is 351 g/mol. The maximum atomic E-state index is 5.85. The first-order valence-electron chi connectivity index (χ1n) is 6.63. The van der Waals surface area contributed by atoms with Gasteiger partial charge in [-0.1, -0.05) is 18.2 Å². The van der Waals surface area contributed by atoms with E-state index in [1.54, 1.807) is 0 Å². The average molecular weight is 376 g/mol. The fourth-order valence-electron chi connectivity index (χ4n) is 1.44. The highest BCUT2D eigenvalue weighted by Crippen LogP contribution is 2.22. The van der Waals surface area contributed by atoms with Crippen LogP contribution in [0.15, 0.2) is 18.2 Å². The van der Waals surface area contributed by atoms with E-state index in [0.29, 0.717) is 13.2 Å². The van der Waals surface area contributed by atoms with Crippen LogP contribution >= 0.6 is 22.6 Å². The molecule has 0 spiro atoms. The molecule has 0 unspecified atom stereocenters. The Hall–Kier alpha value is -0.130. The lowest BCUT2D eigenvalue weighted by Crippen LogP contribution is -2.20. The maximum Gasteiger partial charge on any atom is 0.0734 e. The van der Waals surface area contributed by atoms with Crippen LogP contribution in [0.3, 0.4) is 0 Å². The Kier molecular flexibility index (Phi) is 5.83. The average Bonchev–Trinajstić information content (AvgIpc) is 2.23. The van der Waals surface area contributed by atoms with Gasteiger partial charge in [0.15, 0.2) is 0 Å². The molecule has 0 aliphatic rings. The van der Waals surface area contributed by atoms with Crippen LogP contribution in [0.2, 0.25) is 0 Å². The SMILES string of the molecule is CC(C)(C)OCc1cccc(COC(C)(C)C)c1I. The van der Waals surface area contributed by atoms with Gasteiger partial charge in [0, 0.05) is 3.57 Å². The summed E-state index contributed by atoms with van der Waals surface area (Å²) >= 11 is 2.38. The first-order valence-corrected chi connectivity index (χ1v) is 7.70. The van der Waals surface area contributed by atoms with E-state index in [-0.39, 0.29) is 11.2 Å². The molecule has 1 aromatic carbocycles. The summed E-state index contributed by atoms with van der Waals surface area (Å²) in [6, 6.07) is 6.31. The fraction of sp³-hybridized carbons (Fsp3) is 0.625. The van der Waals surface area contributed by atoms with Gasteiger partial charge in [0.2, 0.25) is 0 Å². The first-order chi connectivity index (χ1) is 8.58. The zero-order chi connectivity index (χ0) is 14.7. The second-order valence-electron chi connectivity index (χ2n) is 6.69. The third-order valence-corrected chi connectivity index (χ3v) is 3.87. The van der Waals surface area contributed by atoms with E-state index >= 15 is 0 Å². The molecule has 0 saturated heterocycles. The van der Waals surface area contributed by atoms with E-state index in [9.17, 15) is 0 Å². The molecule has 0 aliphatic carbocycles. The fourth-order valence-corrected chi connectivity index (χ4v) is 2.12. The van der Waals surface area contributed by atoms with Crippen LogP contribution in [0, 0.1) is 3.57 Å². The van der Waals surface area contributed by atoms with Crippen molar-refractivity contribution in [1.29, 1.82) is 0 Å². The molecule has 0 atom stereocenters. The predicted octanol–water partition coefficient (Wildman–Crippen LogP) is 4.92. The van der Waals surface area contributed by atoms with Gasteiger partial charge in [-0.05, 0) is 75.3 Å². The lowest BCUT2D eigenvalue weighted by molar-refractivity contribution is -0.0177. The molecule has 3 heteroatoms. The van der Waals surface area contributed by atoms with E-state index in [4.69, 9.17) is 9.47 Å². The lowest BCUT2D eigenvalue weighted by atomic mass is 10.1. The van der Waals surface area contributed by atoms with Crippen molar-refractivity contribution >= 4 is 22.6 Å². The first kappa shape index (κ1) is 16.9. The highest BCUT2D eigenvalue weighted by atomic mass is 127. The molecule has 0 saturated carbocycles. The third-order valence-electron chi connectivity index (χ3n) is 2.48. The number of halogens is 1. The second-order valence-corrected chi connectivity index (χ2v) is 7.77. The molecular formula is C16H25IO2. The minimum atomic E-state index is -0.110. The van der Waals surface area contributed by atoms with Gasteiger partial charge in [-0.3, -0.25) is 0 Å². The standard InChI is InChI=1S/C16H25IO2/c1-15(2,3)18-10-12-8-7-9-13(14(12)17)11-19-16(4,5)6/h7-9H,10-11H2,1-6H3. The summed E-state index contributed by atoms with van der Waals surface area (Å²) in [7, 11) is 0. The molecule has 0 N–H and O–H groups in total. The summed E-state index contributed by atoms with van der Waals surface area (Å²) in [6.45, 7) is 13.7. The van der Waals surface area contributed by atoms with Gasteiger partial charge in [0.05, 0.1) is 24.4 Å². The Bertz CT molecular complexity index is 377. The molecule has 0 bridgehead atoms. The molecule has 0 amide bonds. The van der Waals surface area contributed by atoms with Crippen molar-refractivity contribution in [3.05, 3.63) is 32.9 Å². The maximum absolute atomic E-state index is 5.85. The number of rotatable bonds is 4. The van der Waals surface area contributed by atoms with E-state index in [1.165, 1.54) is 14.7 Å². The number of benzene rings is 1. The van der Waals surface area contributed by atoms with Gasteiger partial charge in [-0.15, -0.1) is 0 Å². The van der Waals surface area contributed by atoms with Gasteiger partial charge >= 0.3 is 0 Å². The Morgan fingerprint density at radius 3 is 1.53 bits per heavy atom. The Labute approximate surface area is 131 Å². The molecule has 0 radical (unpaired) electrons. The van der Waals surface area contributed by atoms with Crippen LogP contribution < -0.4 is 0 Å². The van der Waals surface area contributed by atoms with E-state index in [0.717, 1.165) is 0 Å². The minimum absolute atomic E-state index is 0.110. The highest BCUT2D eigenvalue weighted by molar-refractivity contribution is 14.1. The molecule has 2 nitrogen and oxygen atoms in total. The summed E-state index contributed by atoms with van der Waals surface area (Å²) in [4.78, 5) is 0. The van der Waals surface area contributed by atoms with Crippen LogP contribution in [-0.4, -0.2) is 11.2 Å². The van der Waals surface area contributed by atoms with Crippen molar-refractivity contribution in [3.63, 3.8) is 0 Å². The highest BCUT2D eigenvalue weighted by Gasteiger charge is 2.14. The summed E-state index contributed by atoms with van der Waals surface area (Å²) < 4.78 is 12.9. The van der Waals surface area contributed by atoms with Crippen molar-refractivity contribution in [2.45, 2.75) is 66.0 Å².